The number of rotatable bonds is 4. The Kier molecular flexibility index (Phi) is 4.74. The quantitative estimate of drug-likeness (QED) is 0.665. The van der Waals surface area contributed by atoms with Crippen molar-refractivity contribution in [3.05, 3.63) is 0 Å². The lowest BCUT2D eigenvalue weighted by Crippen LogP contribution is -2.46. The molecule has 1 aliphatic rings. The van der Waals surface area contributed by atoms with Crippen molar-refractivity contribution in [2.75, 3.05) is 6.61 Å². The van der Waals surface area contributed by atoms with Crippen LogP contribution in [0.25, 0.3) is 0 Å². The number of nitrogens with one attached hydrogen (secondary N) is 1. The van der Waals surface area contributed by atoms with Crippen LogP contribution in [0.2, 0.25) is 0 Å². The van der Waals surface area contributed by atoms with Gasteiger partial charge in [0, 0.05) is 30.5 Å². The topological polar surface area (TPSA) is 75.4 Å². The van der Waals surface area contributed by atoms with E-state index < -0.39 is 5.54 Å². The molecule has 4 heteroatoms. The highest BCUT2D eigenvalue weighted by Crippen LogP contribution is 2.24. The van der Waals surface area contributed by atoms with E-state index in [0.717, 1.165) is 25.7 Å². The molecule has 0 aliphatic heterocycles. The molecule has 0 aromatic rings. The molecular formula is C12H24N2O2. The third-order valence-electron chi connectivity index (χ3n) is 3.11. The number of hydrogen-bond acceptors (Lipinski definition) is 3. The second-order valence-electron chi connectivity index (χ2n) is 5.57. The Morgan fingerprint density at radius 1 is 1.44 bits per heavy atom. The van der Waals surface area contributed by atoms with Crippen LogP contribution in [0.4, 0.5) is 0 Å². The number of amides is 1. The van der Waals surface area contributed by atoms with Gasteiger partial charge in [0.1, 0.15) is 0 Å². The van der Waals surface area contributed by atoms with Crippen LogP contribution in [0, 0.1) is 5.92 Å². The number of hydrogen-bond donors (Lipinski definition) is 3. The second-order valence-corrected chi connectivity index (χ2v) is 5.57. The standard InChI is InChI=1S/C12H24N2O2/c1-12(2,13)7-11(16)14-10-6-4-3-5-9(10)8-15/h9-10,15H,3-8,13H2,1-2H3,(H,14,16). The van der Waals surface area contributed by atoms with Crippen molar-refractivity contribution in [3.63, 3.8) is 0 Å². The predicted octanol–water partition coefficient (Wildman–Crippen LogP) is 0.781. The van der Waals surface area contributed by atoms with Crippen LogP contribution < -0.4 is 11.1 Å². The Bertz CT molecular complexity index is 236. The molecule has 0 radical (unpaired) electrons. The number of nitrogens with two attached hydrogens (primary N) is 1. The molecule has 2 atom stereocenters. The van der Waals surface area contributed by atoms with Crippen molar-refractivity contribution in [3.8, 4) is 0 Å². The average molecular weight is 228 g/mol. The van der Waals surface area contributed by atoms with Crippen LogP contribution in [-0.2, 0) is 4.79 Å². The number of aliphatic hydroxyl groups is 1. The molecule has 1 amide bonds. The zero-order chi connectivity index (χ0) is 12.2. The zero-order valence-corrected chi connectivity index (χ0v) is 10.3. The van der Waals surface area contributed by atoms with Gasteiger partial charge >= 0.3 is 0 Å². The Morgan fingerprint density at radius 3 is 2.62 bits per heavy atom. The van der Waals surface area contributed by atoms with Gasteiger partial charge in [-0.15, -0.1) is 0 Å². The highest BCUT2D eigenvalue weighted by molar-refractivity contribution is 5.77. The minimum atomic E-state index is -0.465. The molecule has 16 heavy (non-hydrogen) atoms. The van der Waals surface area contributed by atoms with Gasteiger partial charge in [-0.05, 0) is 26.7 Å². The summed E-state index contributed by atoms with van der Waals surface area (Å²) in [5, 5.41) is 12.2. The lowest BCUT2D eigenvalue weighted by atomic mass is 9.85. The lowest BCUT2D eigenvalue weighted by Gasteiger charge is -2.31. The molecule has 0 heterocycles. The van der Waals surface area contributed by atoms with Crippen molar-refractivity contribution in [1.29, 1.82) is 0 Å². The number of carbonyl (C=O) groups is 1. The number of aliphatic hydroxyl groups excluding tert-OH is 1. The van der Waals surface area contributed by atoms with Gasteiger partial charge < -0.3 is 16.2 Å². The minimum absolute atomic E-state index is 0.00199. The zero-order valence-electron chi connectivity index (χ0n) is 10.3. The Balaban J connectivity index is 2.42. The van der Waals surface area contributed by atoms with Gasteiger partial charge in [-0.1, -0.05) is 12.8 Å². The van der Waals surface area contributed by atoms with Gasteiger partial charge in [-0.2, -0.15) is 0 Å². The van der Waals surface area contributed by atoms with Gasteiger partial charge in [-0.25, -0.2) is 0 Å². The summed E-state index contributed by atoms with van der Waals surface area (Å²) in [5.74, 6) is 0.219. The molecule has 4 N–H and O–H groups in total. The number of carbonyl (C=O) groups excluding carboxylic acids is 1. The van der Waals surface area contributed by atoms with Crippen molar-refractivity contribution in [2.24, 2.45) is 11.7 Å². The van der Waals surface area contributed by atoms with Gasteiger partial charge in [0.05, 0.1) is 0 Å². The Labute approximate surface area is 97.6 Å². The van der Waals surface area contributed by atoms with Gasteiger partial charge in [-0.3, -0.25) is 4.79 Å². The van der Waals surface area contributed by atoms with Crippen molar-refractivity contribution >= 4 is 5.91 Å². The van der Waals surface area contributed by atoms with E-state index in [1.165, 1.54) is 0 Å². The minimum Gasteiger partial charge on any atom is -0.396 e. The summed E-state index contributed by atoms with van der Waals surface area (Å²) in [4.78, 5) is 11.7. The van der Waals surface area contributed by atoms with Crippen molar-refractivity contribution in [2.45, 2.75) is 57.5 Å². The maximum atomic E-state index is 11.7. The fourth-order valence-electron chi connectivity index (χ4n) is 2.29. The monoisotopic (exact) mass is 228 g/mol. The fraction of sp³-hybridized carbons (Fsp3) is 0.917. The summed E-state index contributed by atoms with van der Waals surface area (Å²) in [6.45, 7) is 3.85. The van der Waals surface area contributed by atoms with Crippen molar-refractivity contribution < 1.29 is 9.90 Å². The molecule has 1 fully saturated rings. The van der Waals surface area contributed by atoms with Crippen LogP contribution in [0.5, 0.6) is 0 Å². The first-order chi connectivity index (χ1) is 7.42. The third-order valence-corrected chi connectivity index (χ3v) is 3.11. The molecule has 1 aliphatic carbocycles. The molecule has 0 saturated heterocycles. The molecule has 2 unspecified atom stereocenters. The fourth-order valence-corrected chi connectivity index (χ4v) is 2.29. The summed E-state index contributed by atoms with van der Waals surface area (Å²) in [6.07, 6.45) is 4.60. The smallest absolute Gasteiger partial charge is 0.222 e. The van der Waals surface area contributed by atoms with E-state index in [-0.39, 0.29) is 24.5 Å². The largest absolute Gasteiger partial charge is 0.396 e. The van der Waals surface area contributed by atoms with Gasteiger partial charge in [0.2, 0.25) is 5.91 Å². The SMILES string of the molecule is CC(C)(N)CC(=O)NC1CCCCC1CO. The first-order valence-corrected chi connectivity index (χ1v) is 6.11. The third kappa shape index (κ3) is 4.49. The van der Waals surface area contributed by atoms with E-state index in [4.69, 9.17) is 5.73 Å². The molecule has 1 rings (SSSR count). The van der Waals surface area contributed by atoms with E-state index in [1.54, 1.807) is 0 Å². The first-order valence-electron chi connectivity index (χ1n) is 6.11. The predicted molar refractivity (Wildman–Crippen MR) is 63.9 cm³/mol. The molecule has 0 spiro atoms. The molecule has 1 saturated carbocycles. The normalized spacial score (nSPS) is 26.5. The second kappa shape index (κ2) is 5.64. The van der Waals surface area contributed by atoms with Gasteiger partial charge in [0.15, 0.2) is 0 Å². The van der Waals surface area contributed by atoms with Crippen LogP contribution in [-0.4, -0.2) is 29.2 Å². The van der Waals surface area contributed by atoms with Crippen LogP contribution in [0.3, 0.4) is 0 Å². The maximum Gasteiger partial charge on any atom is 0.222 e. The molecule has 0 bridgehead atoms. The van der Waals surface area contributed by atoms with Crippen LogP contribution in [0.15, 0.2) is 0 Å². The molecule has 0 aromatic carbocycles. The van der Waals surface area contributed by atoms with Crippen molar-refractivity contribution in [1.82, 2.24) is 5.32 Å². The summed E-state index contributed by atoms with van der Waals surface area (Å²) in [7, 11) is 0. The highest BCUT2D eigenvalue weighted by atomic mass is 16.3. The van der Waals surface area contributed by atoms with Gasteiger partial charge in [0.25, 0.3) is 0 Å². The van der Waals surface area contributed by atoms with E-state index in [9.17, 15) is 9.90 Å². The van der Waals surface area contributed by atoms with E-state index >= 15 is 0 Å². The Hall–Kier alpha value is -0.610. The summed E-state index contributed by atoms with van der Waals surface area (Å²) in [5.41, 5.74) is 5.33. The Morgan fingerprint density at radius 2 is 2.06 bits per heavy atom. The molecule has 94 valence electrons. The summed E-state index contributed by atoms with van der Waals surface area (Å²) < 4.78 is 0. The molecular weight excluding hydrogens is 204 g/mol. The van der Waals surface area contributed by atoms with E-state index in [2.05, 4.69) is 5.32 Å². The molecule has 4 nitrogen and oxygen atoms in total. The summed E-state index contributed by atoms with van der Waals surface area (Å²) >= 11 is 0. The van der Waals surface area contributed by atoms with Crippen LogP contribution in [0.1, 0.15) is 46.0 Å². The van der Waals surface area contributed by atoms with Crippen LogP contribution >= 0.6 is 0 Å². The van der Waals surface area contributed by atoms with E-state index in [1.807, 2.05) is 13.8 Å². The lowest BCUT2D eigenvalue weighted by molar-refractivity contribution is -0.123. The maximum absolute atomic E-state index is 11.7. The first kappa shape index (κ1) is 13.5. The molecule has 0 aromatic heterocycles. The summed E-state index contributed by atoms with van der Waals surface area (Å²) in [6, 6.07) is 0.133. The highest BCUT2D eigenvalue weighted by Gasteiger charge is 2.27. The van der Waals surface area contributed by atoms with E-state index in [0.29, 0.717) is 6.42 Å². The average Bonchev–Trinajstić information content (AvgIpc) is 2.15.